The molecule has 1 unspecified atom stereocenters. The maximum Gasteiger partial charge on any atom is 0.253 e. The van der Waals surface area contributed by atoms with Crippen molar-refractivity contribution >= 4 is 5.91 Å². The number of ether oxygens (including phenoxy) is 2. The van der Waals surface area contributed by atoms with E-state index in [1.807, 2.05) is 11.0 Å². The fourth-order valence-electron chi connectivity index (χ4n) is 4.50. The smallest absolute Gasteiger partial charge is 0.253 e. The van der Waals surface area contributed by atoms with Gasteiger partial charge in [0.1, 0.15) is 11.9 Å². The molecule has 4 rings (SSSR count). The van der Waals surface area contributed by atoms with Crippen molar-refractivity contribution in [2.24, 2.45) is 5.92 Å². The van der Waals surface area contributed by atoms with E-state index in [0.29, 0.717) is 32.2 Å². The monoisotopic (exact) mass is 422 g/mol. The molecule has 0 bridgehead atoms. The van der Waals surface area contributed by atoms with Crippen LogP contribution in [0.3, 0.4) is 0 Å². The van der Waals surface area contributed by atoms with Gasteiger partial charge < -0.3 is 14.4 Å². The van der Waals surface area contributed by atoms with Gasteiger partial charge in [0.25, 0.3) is 5.91 Å². The fourth-order valence-corrected chi connectivity index (χ4v) is 4.50. The predicted octanol–water partition coefficient (Wildman–Crippen LogP) is 3.90. The second kappa shape index (κ2) is 10.3. The van der Waals surface area contributed by atoms with Crippen LogP contribution < -0.4 is 4.74 Å². The number of carbonyl (C=O) groups excluding carboxylic acids is 1. The molecule has 2 aliphatic rings. The zero-order valence-corrected chi connectivity index (χ0v) is 18.8. The Kier molecular flexibility index (Phi) is 7.25. The van der Waals surface area contributed by atoms with Gasteiger partial charge in [0.2, 0.25) is 0 Å². The molecule has 31 heavy (non-hydrogen) atoms. The number of rotatable bonds is 7. The summed E-state index contributed by atoms with van der Waals surface area (Å²) in [6.07, 6.45) is 1.68. The summed E-state index contributed by atoms with van der Waals surface area (Å²) in [6.45, 7) is 9.25. The van der Waals surface area contributed by atoms with E-state index < -0.39 is 6.10 Å². The van der Waals surface area contributed by atoms with Crippen LogP contribution in [0.5, 0.6) is 5.75 Å². The lowest BCUT2D eigenvalue weighted by Crippen LogP contribution is -2.51. The lowest BCUT2D eigenvalue weighted by atomic mass is 10.0. The molecule has 0 saturated carbocycles. The molecule has 0 radical (unpaired) electrons. The molecule has 0 spiro atoms. The van der Waals surface area contributed by atoms with Gasteiger partial charge in [0, 0.05) is 38.3 Å². The first-order valence-electron chi connectivity index (χ1n) is 11.5. The Balaban J connectivity index is 1.46. The van der Waals surface area contributed by atoms with E-state index in [-0.39, 0.29) is 5.91 Å². The van der Waals surface area contributed by atoms with Gasteiger partial charge in [0.05, 0.1) is 13.2 Å². The minimum atomic E-state index is -0.420. The van der Waals surface area contributed by atoms with Gasteiger partial charge in [-0.2, -0.15) is 0 Å². The van der Waals surface area contributed by atoms with Crippen LogP contribution in [0, 0.1) is 5.92 Å². The largest absolute Gasteiger partial charge is 0.493 e. The lowest BCUT2D eigenvalue weighted by Gasteiger charge is -2.36. The standard InChI is InChI=1S/C26H34N2O3/c1-20(2)16-28(18-23-11-6-10-22-12-7-14-31-25(22)23)26(29)24-19-27(13-15-30-24)17-21-8-4-3-5-9-21/h3-6,8-11,20,24H,7,12-19H2,1-2H3. The number of morpholine rings is 1. The van der Waals surface area contributed by atoms with Crippen LogP contribution in [0.4, 0.5) is 0 Å². The summed E-state index contributed by atoms with van der Waals surface area (Å²) in [5.74, 6) is 1.44. The molecule has 2 aromatic carbocycles. The van der Waals surface area contributed by atoms with Gasteiger partial charge in [-0.25, -0.2) is 0 Å². The van der Waals surface area contributed by atoms with E-state index >= 15 is 0 Å². The molecule has 0 N–H and O–H groups in total. The van der Waals surface area contributed by atoms with E-state index in [4.69, 9.17) is 9.47 Å². The Morgan fingerprint density at radius 3 is 2.77 bits per heavy atom. The Hall–Kier alpha value is -2.37. The second-order valence-electron chi connectivity index (χ2n) is 9.05. The van der Waals surface area contributed by atoms with E-state index in [1.165, 1.54) is 11.1 Å². The zero-order chi connectivity index (χ0) is 21.6. The highest BCUT2D eigenvalue weighted by atomic mass is 16.5. The van der Waals surface area contributed by atoms with Crippen molar-refractivity contribution in [2.75, 3.05) is 32.8 Å². The number of hydrogen-bond donors (Lipinski definition) is 0. The number of benzene rings is 2. The Morgan fingerprint density at radius 2 is 1.97 bits per heavy atom. The van der Waals surface area contributed by atoms with Gasteiger partial charge in [-0.1, -0.05) is 62.4 Å². The average Bonchev–Trinajstić information content (AvgIpc) is 2.79. The van der Waals surface area contributed by atoms with Crippen LogP contribution in [0.2, 0.25) is 0 Å². The molecule has 0 aromatic heterocycles. The van der Waals surface area contributed by atoms with Crippen LogP contribution in [-0.2, 0) is 29.0 Å². The Bertz CT molecular complexity index is 868. The first kappa shape index (κ1) is 21.8. The molecule has 0 aliphatic carbocycles. The summed E-state index contributed by atoms with van der Waals surface area (Å²) in [4.78, 5) is 17.8. The van der Waals surface area contributed by atoms with Gasteiger partial charge in [-0.05, 0) is 29.9 Å². The number of amides is 1. The van der Waals surface area contributed by atoms with Gasteiger partial charge in [-0.15, -0.1) is 0 Å². The summed E-state index contributed by atoms with van der Waals surface area (Å²) in [5.41, 5.74) is 3.62. The molecule has 1 fully saturated rings. The number of hydrogen-bond acceptors (Lipinski definition) is 4. The van der Waals surface area contributed by atoms with Gasteiger partial charge >= 0.3 is 0 Å². The number of fused-ring (bicyclic) bond motifs is 1. The highest BCUT2D eigenvalue weighted by Crippen LogP contribution is 2.30. The van der Waals surface area contributed by atoms with Crippen LogP contribution in [0.15, 0.2) is 48.5 Å². The van der Waals surface area contributed by atoms with Crippen LogP contribution in [0.25, 0.3) is 0 Å². The normalized spacial score (nSPS) is 19.0. The molecule has 2 aromatic rings. The number of aryl methyl sites for hydroxylation is 1. The maximum atomic E-state index is 13.5. The van der Waals surface area contributed by atoms with Gasteiger partial charge in [0.15, 0.2) is 0 Å². The summed E-state index contributed by atoms with van der Waals surface area (Å²) >= 11 is 0. The van der Waals surface area contributed by atoms with Crippen molar-refractivity contribution in [3.8, 4) is 5.75 Å². The third-order valence-electron chi connectivity index (χ3n) is 5.95. The SMILES string of the molecule is CC(C)CN(Cc1cccc2c1OCCC2)C(=O)C1CN(Cc2ccccc2)CCO1. The Morgan fingerprint density at radius 1 is 1.13 bits per heavy atom. The number of carbonyl (C=O) groups is 1. The van der Waals surface area contributed by atoms with Crippen LogP contribution >= 0.6 is 0 Å². The maximum absolute atomic E-state index is 13.5. The first-order valence-corrected chi connectivity index (χ1v) is 11.5. The van der Waals surface area contributed by atoms with Gasteiger partial charge in [-0.3, -0.25) is 9.69 Å². The summed E-state index contributed by atoms with van der Waals surface area (Å²) < 4.78 is 11.9. The van der Waals surface area contributed by atoms with E-state index in [0.717, 1.165) is 43.9 Å². The van der Waals surface area contributed by atoms with Crippen molar-refractivity contribution in [3.05, 3.63) is 65.2 Å². The number of nitrogens with zero attached hydrogens (tertiary/aromatic N) is 2. The van der Waals surface area contributed by atoms with Crippen molar-refractivity contribution in [1.29, 1.82) is 0 Å². The highest BCUT2D eigenvalue weighted by molar-refractivity contribution is 5.81. The minimum absolute atomic E-state index is 0.0832. The molecule has 1 saturated heterocycles. The molecule has 1 atom stereocenters. The topological polar surface area (TPSA) is 42.0 Å². The summed E-state index contributed by atoms with van der Waals surface area (Å²) in [5, 5.41) is 0. The highest BCUT2D eigenvalue weighted by Gasteiger charge is 2.31. The van der Waals surface area contributed by atoms with E-state index in [9.17, 15) is 4.79 Å². The third-order valence-corrected chi connectivity index (χ3v) is 5.95. The first-order chi connectivity index (χ1) is 15.1. The molecule has 2 aliphatic heterocycles. The lowest BCUT2D eigenvalue weighted by molar-refractivity contribution is -0.151. The van der Waals surface area contributed by atoms with Crippen LogP contribution in [0.1, 0.15) is 37.0 Å². The quantitative estimate of drug-likeness (QED) is 0.679. The Labute approximate surface area is 185 Å². The summed E-state index contributed by atoms with van der Waals surface area (Å²) in [6, 6.07) is 16.7. The molecular formula is C26H34N2O3. The molecule has 2 heterocycles. The van der Waals surface area contributed by atoms with E-state index in [2.05, 4.69) is 61.2 Å². The minimum Gasteiger partial charge on any atom is -0.493 e. The fraction of sp³-hybridized carbons (Fsp3) is 0.500. The van der Waals surface area contributed by atoms with Crippen molar-refractivity contribution in [2.45, 2.75) is 45.9 Å². The average molecular weight is 423 g/mol. The molecule has 5 heteroatoms. The van der Waals surface area contributed by atoms with Crippen molar-refractivity contribution in [1.82, 2.24) is 9.80 Å². The molecule has 166 valence electrons. The molecule has 5 nitrogen and oxygen atoms in total. The second-order valence-corrected chi connectivity index (χ2v) is 9.05. The predicted molar refractivity (Wildman–Crippen MR) is 122 cm³/mol. The molecule has 1 amide bonds. The van der Waals surface area contributed by atoms with Crippen molar-refractivity contribution in [3.63, 3.8) is 0 Å². The van der Waals surface area contributed by atoms with Crippen LogP contribution in [-0.4, -0.2) is 54.7 Å². The molecular weight excluding hydrogens is 388 g/mol. The number of para-hydroxylation sites is 1. The third kappa shape index (κ3) is 5.66. The van der Waals surface area contributed by atoms with Crippen molar-refractivity contribution < 1.29 is 14.3 Å². The zero-order valence-electron chi connectivity index (χ0n) is 18.8. The van der Waals surface area contributed by atoms with E-state index in [1.54, 1.807) is 0 Å². The summed E-state index contributed by atoms with van der Waals surface area (Å²) in [7, 11) is 0.